The minimum absolute atomic E-state index is 0. The number of hydrogen-bond acceptors (Lipinski definition) is 5. The highest BCUT2D eigenvalue weighted by atomic mass is 35.5. The predicted molar refractivity (Wildman–Crippen MR) is 123 cm³/mol. The zero-order valence-corrected chi connectivity index (χ0v) is 19.1. The lowest BCUT2D eigenvalue weighted by Crippen LogP contribution is -2.40. The zero-order valence-electron chi connectivity index (χ0n) is 17.5. The number of aryl methyl sites for hydroxylation is 1. The molecule has 3 aliphatic rings. The molecule has 1 atom stereocenters. The first-order valence-corrected chi connectivity index (χ1v) is 10.7. The minimum Gasteiger partial charge on any atom is -0.461 e. The molecule has 30 heavy (non-hydrogen) atoms. The van der Waals surface area contributed by atoms with E-state index in [2.05, 4.69) is 40.3 Å². The Balaban J connectivity index is 0.00000128. The van der Waals surface area contributed by atoms with Gasteiger partial charge >= 0.3 is 5.97 Å². The summed E-state index contributed by atoms with van der Waals surface area (Å²) in [6, 6.07) is 6.31. The van der Waals surface area contributed by atoms with Crippen LogP contribution in [0.3, 0.4) is 0 Å². The molecule has 3 fully saturated rings. The number of rotatable bonds is 3. The lowest BCUT2D eigenvalue weighted by molar-refractivity contribution is -0.150. The summed E-state index contributed by atoms with van der Waals surface area (Å²) < 4.78 is 5.80. The Labute approximate surface area is 190 Å². The number of para-hydroxylation sites is 1. The fourth-order valence-electron chi connectivity index (χ4n) is 5.32. The molecule has 0 radical (unpaired) electrons. The number of esters is 1. The summed E-state index contributed by atoms with van der Waals surface area (Å²) in [5.41, 5.74) is 3.26. The lowest BCUT2D eigenvalue weighted by Gasteiger charge is -2.33. The Hall–Kier alpha value is -1.34. The number of nitrogens with one attached hydrogen (secondary N) is 2. The normalized spacial score (nSPS) is 24.4. The van der Waals surface area contributed by atoms with Crippen LogP contribution in [0.2, 0.25) is 0 Å². The molecular weight excluding hydrogens is 423 g/mol. The van der Waals surface area contributed by atoms with Gasteiger partial charge < -0.3 is 15.0 Å². The van der Waals surface area contributed by atoms with E-state index in [1.807, 2.05) is 0 Å². The van der Waals surface area contributed by atoms with Crippen LogP contribution in [0, 0.1) is 12.3 Å². The number of fused-ring (bicyclic) bond motifs is 1. The van der Waals surface area contributed by atoms with E-state index >= 15 is 0 Å². The molecule has 1 aromatic carbocycles. The van der Waals surface area contributed by atoms with Gasteiger partial charge in [0.2, 0.25) is 0 Å². The molecule has 5 rings (SSSR count). The van der Waals surface area contributed by atoms with E-state index in [1.165, 1.54) is 5.56 Å². The number of cyclic esters (lactones) is 1. The summed E-state index contributed by atoms with van der Waals surface area (Å²) in [4.78, 5) is 23.4. The van der Waals surface area contributed by atoms with Gasteiger partial charge in [-0.2, -0.15) is 0 Å². The molecular formula is C22H32Cl2N4O2. The first-order valence-electron chi connectivity index (χ1n) is 10.7. The molecule has 166 valence electrons. The summed E-state index contributed by atoms with van der Waals surface area (Å²) in [5.74, 6) is 1.67. The van der Waals surface area contributed by atoms with Gasteiger partial charge in [0.1, 0.15) is 11.9 Å². The van der Waals surface area contributed by atoms with Crippen molar-refractivity contribution in [3.63, 3.8) is 0 Å². The van der Waals surface area contributed by atoms with Crippen molar-refractivity contribution in [1.29, 1.82) is 0 Å². The monoisotopic (exact) mass is 454 g/mol. The minimum atomic E-state index is -0.208. The molecule has 0 saturated carbocycles. The summed E-state index contributed by atoms with van der Waals surface area (Å²) in [6.45, 7) is 6.96. The topological polar surface area (TPSA) is 70.2 Å². The van der Waals surface area contributed by atoms with Crippen LogP contribution in [0.5, 0.6) is 0 Å². The molecule has 2 aromatic rings. The second-order valence-corrected chi connectivity index (χ2v) is 8.93. The van der Waals surface area contributed by atoms with Crippen LogP contribution in [-0.4, -0.2) is 59.7 Å². The fraction of sp³-hybridized carbons (Fsp3) is 0.636. The smallest absolute Gasteiger partial charge is 0.312 e. The first-order chi connectivity index (χ1) is 13.6. The first kappa shape index (κ1) is 23.3. The number of ether oxygens (including phenoxy) is 1. The van der Waals surface area contributed by atoms with Crippen molar-refractivity contribution in [1.82, 2.24) is 20.2 Å². The summed E-state index contributed by atoms with van der Waals surface area (Å²) in [5, 5.41) is 3.36. The Morgan fingerprint density at radius 2 is 1.93 bits per heavy atom. The summed E-state index contributed by atoms with van der Waals surface area (Å²) >= 11 is 0. The number of aromatic amines is 1. The van der Waals surface area contributed by atoms with Crippen molar-refractivity contribution in [2.45, 2.75) is 51.0 Å². The van der Waals surface area contributed by atoms with E-state index < -0.39 is 0 Å². The van der Waals surface area contributed by atoms with Crippen LogP contribution in [0.4, 0.5) is 0 Å². The highest BCUT2D eigenvalue weighted by Crippen LogP contribution is 2.42. The summed E-state index contributed by atoms with van der Waals surface area (Å²) in [7, 11) is 0. The molecule has 0 aliphatic carbocycles. The second-order valence-electron chi connectivity index (χ2n) is 8.93. The van der Waals surface area contributed by atoms with Crippen LogP contribution in [0.25, 0.3) is 11.0 Å². The van der Waals surface area contributed by atoms with E-state index in [1.54, 1.807) is 0 Å². The maximum absolute atomic E-state index is 12.5. The molecule has 2 N–H and O–H groups in total. The third kappa shape index (κ3) is 4.33. The van der Waals surface area contributed by atoms with Gasteiger partial charge in [0.15, 0.2) is 0 Å². The second kappa shape index (κ2) is 9.43. The number of imidazole rings is 1. The molecule has 0 amide bonds. The Kier molecular flexibility index (Phi) is 7.33. The number of halogens is 2. The molecule has 6 nitrogen and oxygen atoms in total. The van der Waals surface area contributed by atoms with Crippen molar-refractivity contribution in [3.05, 3.63) is 29.6 Å². The van der Waals surface area contributed by atoms with Crippen LogP contribution in [0.1, 0.15) is 49.4 Å². The van der Waals surface area contributed by atoms with Crippen molar-refractivity contribution in [2.75, 3.05) is 32.7 Å². The molecule has 0 bridgehead atoms. The summed E-state index contributed by atoms with van der Waals surface area (Å²) in [6.07, 6.45) is 5.03. The Morgan fingerprint density at radius 3 is 2.63 bits per heavy atom. The third-order valence-corrected chi connectivity index (χ3v) is 7.05. The molecule has 1 aromatic heterocycles. The third-order valence-electron chi connectivity index (χ3n) is 7.05. The molecule has 3 saturated heterocycles. The number of aromatic nitrogens is 2. The van der Waals surface area contributed by atoms with E-state index in [4.69, 9.17) is 9.72 Å². The van der Waals surface area contributed by atoms with Gasteiger partial charge in [-0.3, -0.25) is 9.69 Å². The number of benzene rings is 1. The predicted octanol–water partition coefficient (Wildman–Crippen LogP) is 3.58. The fourth-order valence-corrected chi connectivity index (χ4v) is 5.32. The van der Waals surface area contributed by atoms with Gasteiger partial charge in [-0.1, -0.05) is 12.1 Å². The average molecular weight is 455 g/mol. The standard InChI is InChI=1S/C22H30N4O2.2ClH/c1-15-3-2-4-18-19(15)25-20(24-18)16-5-11-26(12-6-16)14-17-13-22(21(27)28-17)7-9-23-10-8-22;;/h2-4,16-17,23H,5-14H2,1H3,(H,24,25);2*1H. The number of H-pyrrole nitrogens is 1. The zero-order chi connectivity index (χ0) is 19.1. The van der Waals surface area contributed by atoms with Gasteiger partial charge in [-0.25, -0.2) is 4.98 Å². The van der Waals surface area contributed by atoms with Crippen molar-refractivity contribution >= 4 is 41.8 Å². The molecule has 1 unspecified atom stereocenters. The van der Waals surface area contributed by atoms with E-state index in [0.29, 0.717) is 5.92 Å². The maximum Gasteiger partial charge on any atom is 0.312 e. The van der Waals surface area contributed by atoms with Crippen LogP contribution in [0.15, 0.2) is 18.2 Å². The average Bonchev–Trinajstić information content (AvgIpc) is 3.26. The van der Waals surface area contributed by atoms with Crippen LogP contribution >= 0.6 is 24.8 Å². The number of carbonyl (C=O) groups excluding carboxylic acids is 1. The van der Waals surface area contributed by atoms with Gasteiger partial charge in [-0.15, -0.1) is 24.8 Å². The van der Waals surface area contributed by atoms with Gasteiger partial charge in [0.25, 0.3) is 0 Å². The van der Waals surface area contributed by atoms with E-state index in [0.717, 1.165) is 81.7 Å². The molecule has 1 spiro atoms. The highest BCUT2D eigenvalue weighted by molar-refractivity contribution is 5.85. The lowest BCUT2D eigenvalue weighted by atomic mass is 9.76. The van der Waals surface area contributed by atoms with Crippen molar-refractivity contribution in [3.8, 4) is 0 Å². The van der Waals surface area contributed by atoms with Crippen LogP contribution < -0.4 is 5.32 Å². The van der Waals surface area contributed by atoms with Crippen LogP contribution in [-0.2, 0) is 9.53 Å². The number of hydrogen-bond donors (Lipinski definition) is 2. The van der Waals surface area contributed by atoms with Crippen molar-refractivity contribution < 1.29 is 9.53 Å². The van der Waals surface area contributed by atoms with Gasteiger partial charge in [-0.05, 0) is 70.4 Å². The Bertz CT molecular complexity index is 873. The largest absolute Gasteiger partial charge is 0.461 e. The quantitative estimate of drug-likeness (QED) is 0.693. The SMILES string of the molecule is Cc1cccc2[nH]c(C3CCN(CC4CC5(CCNCC5)C(=O)O4)CC3)nc12.Cl.Cl. The molecule has 3 aliphatic heterocycles. The Morgan fingerprint density at radius 1 is 1.20 bits per heavy atom. The molecule has 4 heterocycles. The highest BCUT2D eigenvalue weighted by Gasteiger charge is 2.49. The van der Waals surface area contributed by atoms with Crippen molar-refractivity contribution in [2.24, 2.45) is 5.41 Å². The number of piperidine rings is 2. The number of likely N-dealkylation sites (tertiary alicyclic amines) is 1. The molecule has 8 heteroatoms. The number of nitrogens with zero attached hydrogens (tertiary/aromatic N) is 2. The van der Waals surface area contributed by atoms with E-state index in [-0.39, 0.29) is 42.3 Å². The maximum atomic E-state index is 12.5. The number of carbonyl (C=O) groups is 1. The van der Waals surface area contributed by atoms with Gasteiger partial charge in [0.05, 0.1) is 16.4 Å². The van der Waals surface area contributed by atoms with Gasteiger partial charge in [0, 0.05) is 18.9 Å². The van der Waals surface area contributed by atoms with E-state index in [9.17, 15) is 4.79 Å².